The largest absolute Gasteiger partial charge is 0.355 e. The summed E-state index contributed by atoms with van der Waals surface area (Å²) in [6.45, 7) is 1.24. The number of halogens is 1. The van der Waals surface area contributed by atoms with E-state index in [4.69, 9.17) is 4.52 Å². The number of rotatable bonds is 4. The lowest BCUT2D eigenvalue weighted by Crippen LogP contribution is -2.41. The zero-order valence-corrected chi connectivity index (χ0v) is 18.8. The van der Waals surface area contributed by atoms with Crippen molar-refractivity contribution in [2.75, 3.05) is 23.3 Å². The third kappa shape index (κ3) is 3.75. The molecule has 1 unspecified atom stereocenters. The van der Waals surface area contributed by atoms with Gasteiger partial charge in [0.1, 0.15) is 29.0 Å². The summed E-state index contributed by atoms with van der Waals surface area (Å²) in [5, 5.41) is 8.42. The van der Waals surface area contributed by atoms with Crippen LogP contribution in [0.4, 0.5) is 15.3 Å². The molecule has 34 heavy (non-hydrogen) atoms. The number of hydrogen-bond donors (Lipinski definition) is 1. The van der Waals surface area contributed by atoms with Crippen LogP contribution in [0.1, 0.15) is 12.8 Å². The summed E-state index contributed by atoms with van der Waals surface area (Å²) in [7, 11) is 0. The predicted octanol–water partition coefficient (Wildman–Crippen LogP) is 4.89. The Kier molecular flexibility index (Phi) is 5.14. The molecule has 3 aromatic heterocycles. The fraction of sp³-hybridized carbons (Fsp3) is 0.208. The van der Waals surface area contributed by atoms with E-state index in [1.54, 1.807) is 12.1 Å². The molecule has 1 amide bonds. The van der Waals surface area contributed by atoms with Crippen LogP contribution in [0.5, 0.6) is 0 Å². The number of fused-ring (bicyclic) bond motifs is 2. The van der Waals surface area contributed by atoms with Gasteiger partial charge in [0.05, 0.1) is 16.1 Å². The zero-order chi connectivity index (χ0) is 23.1. The molecule has 0 bridgehead atoms. The third-order valence-corrected chi connectivity index (χ3v) is 6.94. The minimum atomic E-state index is -0.328. The maximum absolute atomic E-state index is 13.4. The number of carbonyl (C=O) groups excluding carboxylic acids is 1. The van der Waals surface area contributed by atoms with Gasteiger partial charge in [-0.2, -0.15) is 4.98 Å². The standard InChI is InChI=1S/C24H19FN6O2S/c25-16-9-7-14(8-10-16)20-19-21(26-13-27-23(19)33-30-20)31-11-3-4-15(12-31)22(32)29-24-28-17-5-1-2-6-18(17)34-24/h1-2,5-10,13,15H,3-4,11-12H2,(H,28,29,32). The van der Waals surface area contributed by atoms with E-state index < -0.39 is 0 Å². The molecule has 170 valence electrons. The number of nitrogens with one attached hydrogen (secondary N) is 1. The molecule has 0 saturated carbocycles. The molecule has 5 aromatic rings. The van der Waals surface area contributed by atoms with E-state index in [0.29, 0.717) is 39.9 Å². The highest BCUT2D eigenvalue weighted by Gasteiger charge is 2.30. The molecule has 1 atom stereocenters. The molecule has 1 aliphatic rings. The first-order valence-electron chi connectivity index (χ1n) is 10.9. The number of piperidine rings is 1. The fourth-order valence-corrected chi connectivity index (χ4v) is 5.20. The Labute approximate surface area is 197 Å². The minimum Gasteiger partial charge on any atom is -0.355 e. The van der Waals surface area contributed by atoms with Crippen molar-refractivity contribution in [3.8, 4) is 11.3 Å². The Morgan fingerprint density at radius 3 is 2.85 bits per heavy atom. The number of hydrogen-bond acceptors (Lipinski definition) is 8. The Bertz CT molecular complexity index is 1470. The van der Waals surface area contributed by atoms with Crippen molar-refractivity contribution in [3.05, 3.63) is 60.7 Å². The first-order chi connectivity index (χ1) is 16.7. The number of nitrogens with zero attached hydrogens (tertiary/aromatic N) is 5. The van der Waals surface area contributed by atoms with Gasteiger partial charge in [0, 0.05) is 18.7 Å². The molecule has 1 N–H and O–H groups in total. The first-order valence-corrected chi connectivity index (χ1v) is 11.7. The molecule has 4 heterocycles. The highest BCUT2D eigenvalue weighted by molar-refractivity contribution is 7.22. The van der Waals surface area contributed by atoms with Crippen molar-refractivity contribution in [2.24, 2.45) is 5.92 Å². The van der Waals surface area contributed by atoms with Crippen molar-refractivity contribution in [3.63, 3.8) is 0 Å². The summed E-state index contributed by atoms with van der Waals surface area (Å²) in [6.07, 6.45) is 3.04. The summed E-state index contributed by atoms with van der Waals surface area (Å²) < 4.78 is 19.9. The van der Waals surface area contributed by atoms with Gasteiger partial charge in [-0.3, -0.25) is 4.79 Å². The van der Waals surface area contributed by atoms with Crippen LogP contribution in [0.2, 0.25) is 0 Å². The van der Waals surface area contributed by atoms with Crippen LogP contribution in [-0.4, -0.2) is 39.1 Å². The second-order valence-electron chi connectivity index (χ2n) is 8.18. The second kappa shape index (κ2) is 8.45. The fourth-order valence-electron chi connectivity index (χ4n) is 4.33. The monoisotopic (exact) mass is 474 g/mol. The minimum absolute atomic E-state index is 0.0573. The summed E-state index contributed by atoms with van der Waals surface area (Å²) in [4.78, 5) is 28.4. The van der Waals surface area contributed by atoms with Crippen LogP contribution < -0.4 is 10.2 Å². The van der Waals surface area contributed by atoms with Gasteiger partial charge in [-0.05, 0) is 49.2 Å². The first kappa shape index (κ1) is 20.7. The molecule has 8 nitrogen and oxygen atoms in total. The van der Waals surface area contributed by atoms with Crippen LogP contribution in [0.25, 0.3) is 32.6 Å². The lowest BCUT2D eigenvalue weighted by atomic mass is 9.97. The van der Waals surface area contributed by atoms with Gasteiger partial charge in [-0.1, -0.05) is 28.6 Å². The van der Waals surface area contributed by atoms with Gasteiger partial charge in [0.15, 0.2) is 5.13 Å². The molecule has 2 aromatic carbocycles. The van der Waals surface area contributed by atoms with E-state index >= 15 is 0 Å². The predicted molar refractivity (Wildman–Crippen MR) is 128 cm³/mol. The van der Waals surface area contributed by atoms with E-state index in [9.17, 15) is 9.18 Å². The van der Waals surface area contributed by atoms with Gasteiger partial charge in [0.25, 0.3) is 5.71 Å². The SMILES string of the molecule is O=C(Nc1nc2ccccc2s1)C1CCCN(c2ncnc3onc(-c4ccc(F)cc4)c23)C1. The summed E-state index contributed by atoms with van der Waals surface area (Å²) in [6, 6.07) is 13.9. The van der Waals surface area contributed by atoms with E-state index in [-0.39, 0.29) is 17.6 Å². The molecule has 6 rings (SSSR count). The highest BCUT2D eigenvalue weighted by Crippen LogP contribution is 2.35. The average molecular weight is 475 g/mol. The summed E-state index contributed by atoms with van der Waals surface area (Å²) in [5.41, 5.74) is 2.48. The van der Waals surface area contributed by atoms with Crippen LogP contribution in [0.15, 0.2) is 59.4 Å². The van der Waals surface area contributed by atoms with Crippen LogP contribution >= 0.6 is 11.3 Å². The van der Waals surface area contributed by atoms with Gasteiger partial charge in [0.2, 0.25) is 5.91 Å². The smallest absolute Gasteiger partial charge is 0.263 e. The van der Waals surface area contributed by atoms with Crippen LogP contribution in [-0.2, 0) is 4.79 Å². The number of para-hydroxylation sites is 1. The molecule has 1 fully saturated rings. The van der Waals surface area contributed by atoms with Gasteiger partial charge in [-0.15, -0.1) is 0 Å². The highest BCUT2D eigenvalue weighted by atomic mass is 32.1. The Hall–Kier alpha value is -3.92. The van der Waals surface area contributed by atoms with Gasteiger partial charge < -0.3 is 14.7 Å². The van der Waals surface area contributed by atoms with Crippen molar-refractivity contribution in [2.45, 2.75) is 12.8 Å². The number of carbonyl (C=O) groups is 1. The summed E-state index contributed by atoms with van der Waals surface area (Å²) >= 11 is 1.47. The average Bonchev–Trinajstić information content (AvgIpc) is 3.48. The maximum atomic E-state index is 13.4. The molecular weight excluding hydrogens is 455 g/mol. The second-order valence-corrected chi connectivity index (χ2v) is 9.21. The third-order valence-electron chi connectivity index (χ3n) is 5.99. The van der Waals surface area contributed by atoms with E-state index in [0.717, 1.165) is 29.6 Å². The van der Waals surface area contributed by atoms with E-state index in [1.165, 1.54) is 29.8 Å². The van der Waals surface area contributed by atoms with Gasteiger partial charge in [-0.25, -0.2) is 14.4 Å². The van der Waals surface area contributed by atoms with Gasteiger partial charge >= 0.3 is 0 Å². The lowest BCUT2D eigenvalue weighted by Gasteiger charge is -2.32. The normalized spacial score (nSPS) is 16.3. The molecular formula is C24H19FN6O2S. The number of aromatic nitrogens is 4. The molecule has 1 saturated heterocycles. The molecule has 1 aliphatic heterocycles. The molecule has 0 aliphatic carbocycles. The molecule has 0 radical (unpaired) electrons. The van der Waals surface area contributed by atoms with Crippen molar-refractivity contribution < 1.29 is 13.7 Å². The Morgan fingerprint density at radius 1 is 1.15 bits per heavy atom. The summed E-state index contributed by atoms with van der Waals surface area (Å²) in [5.74, 6) is 0.0483. The van der Waals surface area contributed by atoms with E-state index in [1.807, 2.05) is 24.3 Å². The van der Waals surface area contributed by atoms with Crippen molar-refractivity contribution >= 4 is 49.5 Å². The number of amides is 1. The van der Waals surface area contributed by atoms with Crippen molar-refractivity contribution in [1.29, 1.82) is 0 Å². The number of benzene rings is 2. The Morgan fingerprint density at radius 2 is 2.00 bits per heavy atom. The quantitative estimate of drug-likeness (QED) is 0.396. The molecule has 10 heteroatoms. The maximum Gasteiger partial charge on any atom is 0.263 e. The van der Waals surface area contributed by atoms with Crippen molar-refractivity contribution in [1.82, 2.24) is 20.1 Å². The molecule has 0 spiro atoms. The lowest BCUT2D eigenvalue weighted by molar-refractivity contribution is -0.120. The zero-order valence-electron chi connectivity index (χ0n) is 17.9. The topological polar surface area (TPSA) is 97.0 Å². The van der Waals surface area contributed by atoms with E-state index in [2.05, 4.69) is 30.3 Å². The number of anilines is 2. The number of thiazole rings is 1. The Balaban J connectivity index is 1.27. The van der Waals surface area contributed by atoms with Crippen LogP contribution in [0, 0.1) is 11.7 Å². The van der Waals surface area contributed by atoms with Crippen LogP contribution in [0.3, 0.4) is 0 Å².